The summed E-state index contributed by atoms with van der Waals surface area (Å²) in [5.74, 6) is -0.338. The van der Waals surface area contributed by atoms with Gasteiger partial charge in [0.25, 0.3) is 5.91 Å². The number of fused-ring (bicyclic) bond motifs is 1. The van der Waals surface area contributed by atoms with E-state index >= 15 is 0 Å². The lowest BCUT2D eigenvalue weighted by molar-refractivity contribution is -0.116. The van der Waals surface area contributed by atoms with Crippen molar-refractivity contribution in [3.05, 3.63) is 77.3 Å². The van der Waals surface area contributed by atoms with Crippen LogP contribution in [-0.2, 0) is 11.3 Å². The highest BCUT2D eigenvalue weighted by Gasteiger charge is 2.05. The van der Waals surface area contributed by atoms with Crippen molar-refractivity contribution in [2.75, 3.05) is 7.05 Å². The highest BCUT2D eigenvalue weighted by atomic mass is 16.2. The van der Waals surface area contributed by atoms with Gasteiger partial charge in [-0.1, -0.05) is 18.2 Å². The van der Waals surface area contributed by atoms with Crippen LogP contribution in [-0.4, -0.2) is 28.2 Å². The molecule has 6 nitrogen and oxygen atoms in total. The molecule has 2 heterocycles. The largest absolute Gasteiger partial charge is 0.355 e. The van der Waals surface area contributed by atoms with Gasteiger partial charge in [-0.25, -0.2) is 4.98 Å². The second kappa shape index (κ2) is 7.65. The Morgan fingerprint density at radius 3 is 2.65 bits per heavy atom. The molecule has 0 aliphatic carbocycles. The lowest BCUT2D eigenvalue weighted by Gasteiger charge is -2.00. The first-order valence-electron chi connectivity index (χ1n) is 8.28. The van der Waals surface area contributed by atoms with Crippen molar-refractivity contribution in [1.82, 2.24) is 20.0 Å². The van der Waals surface area contributed by atoms with Gasteiger partial charge < -0.3 is 15.0 Å². The number of carbonyl (C=O) groups excluding carboxylic acids is 2. The number of rotatable bonds is 5. The number of amides is 2. The van der Waals surface area contributed by atoms with Gasteiger partial charge in [0.1, 0.15) is 5.65 Å². The molecule has 0 unspecified atom stereocenters. The van der Waals surface area contributed by atoms with Crippen molar-refractivity contribution < 1.29 is 9.59 Å². The number of benzene rings is 1. The van der Waals surface area contributed by atoms with Crippen molar-refractivity contribution in [2.45, 2.75) is 13.5 Å². The molecule has 2 aromatic heterocycles. The van der Waals surface area contributed by atoms with Gasteiger partial charge in [-0.05, 0) is 42.3 Å². The number of aryl methyl sites for hydroxylation is 1. The predicted octanol–water partition coefficient (Wildman–Crippen LogP) is 2.33. The van der Waals surface area contributed by atoms with E-state index in [1.807, 2.05) is 35.9 Å². The van der Waals surface area contributed by atoms with Crippen LogP contribution < -0.4 is 10.6 Å². The summed E-state index contributed by atoms with van der Waals surface area (Å²) < 4.78 is 1.95. The minimum atomic E-state index is -0.200. The molecule has 3 aromatic rings. The van der Waals surface area contributed by atoms with Crippen LogP contribution in [0, 0.1) is 6.92 Å². The van der Waals surface area contributed by atoms with E-state index in [-0.39, 0.29) is 11.8 Å². The number of pyridine rings is 1. The molecule has 2 N–H and O–H groups in total. The highest BCUT2D eigenvalue weighted by Crippen LogP contribution is 2.10. The molecule has 0 atom stereocenters. The summed E-state index contributed by atoms with van der Waals surface area (Å²) in [6.07, 6.45) is 7.01. The Kier molecular flexibility index (Phi) is 5.12. The molecule has 132 valence electrons. The molecule has 0 spiro atoms. The molecule has 0 fully saturated rings. The second-order valence-electron chi connectivity index (χ2n) is 5.91. The predicted molar refractivity (Wildman–Crippen MR) is 101 cm³/mol. The van der Waals surface area contributed by atoms with Crippen LogP contribution in [0.4, 0.5) is 0 Å². The van der Waals surface area contributed by atoms with Crippen molar-refractivity contribution in [1.29, 1.82) is 0 Å². The molecule has 0 aliphatic rings. The maximum atomic E-state index is 12.0. The maximum Gasteiger partial charge on any atom is 0.251 e. The van der Waals surface area contributed by atoms with E-state index in [0.29, 0.717) is 12.1 Å². The van der Waals surface area contributed by atoms with Gasteiger partial charge in [-0.3, -0.25) is 9.59 Å². The van der Waals surface area contributed by atoms with Gasteiger partial charge in [0.05, 0.1) is 12.2 Å². The molecular formula is C20H20N4O2. The Balaban J connectivity index is 1.58. The molecule has 0 radical (unpaired) electrons. The third kappa shape index (κ3) is 3.97. The maximum absolute atomic E-state index is 12.0. The summed E-state index contributed by atoms with van der Waals surface area (Å²) in [6, 6.07) is 11.0. The Bertz CT molecular complexity index is 971. The van der Waals surface area contributed by atoms with E-state index in [9.17, 15) is 9.59 Å². The summed E-state index contributed by atoms with van der Waals surface area (Å²) in [4.78, 5) is 28.0. The standard InChI is InChI=1S/C20H20N4O2/c1-14-4-3-11-24-13-17(23-19(14)24)12-22-18(25)10-7-15-5-8-16(9-6-15)20(26)21-2/h3-11,13H,12H2,1-2H3,(H,21,26)(H,22,25)/b10-7-. The van der Waals surface area contributed by atoms with E-state index in [4.69, 9.17) is 0 Å². The Morgan fingerprint density at radius 1 is 1.19 bits per heavy atom. The molecule has 0 saturated heterocycles. The lowest BCUT2D eigenvalue weighted by Crippen LogP contribution is -2.20. The van der Waals surface area contributed by atoms with E-state index in [0.717, 1.165) is 22.5 Å². The quantitative estimate of drug-likeness (QED) is 0.695. The first-order chi connectivity index (χ1) is 12.6. The van der Waals surface area contributed by atoms with Crippen LogP contribution in [0.2, 0.25) is 0 Å². The summed E-state index contributed by atoms with van der Waals surface area (Å²) in [5, 5.41) is 5.39. The van der Waals surface area contributed by atoms with Crippen LogP contribution in [0.15, 0.2) is 54.9 Å². The third-order valence-corrected chi connectivity index (χ3v) is 4.00. The molecule has 6 heteroatoms. The first-order valence-corrected chi connectivity index (χ1v) is 8.28. The fraction of sp³-hybridized carbons (Fsp3) is 0.150. The third-order valence-electron chi connectivity index (χ3n) is 4.00. The van der Waals surface area contributed by atoms with Crippen molar-refractivity contribution in [2.24, 2.45) is 0 Å². The van der Waals surface area contributed by atoms with E-state index in [2.05, 4.69) is 15.6 Å². The van der Waals surface area contributed by atoms with E-state index in [1.165, 1.54) is 6.08 Å². The van der Waals surface area contributed by atoms with Crippen LogP contribution >= 0.6 is 0 Å². The minimum Gasteiger partial charge on any atom is -0.355 e. The van der Waals surface area contributed by atoms with Crippen molar-refractivity contribution in [3.8, 4) is 0 Å². The topological polar surface area (TPSA) is 75.5 Å². The van der Waals surface area contributed by atoms with Gasteiger partial charge in [0.2, 0.25) is 5.91 Å². The van der Waals surface area contributed by atoms with Crippen LogP contribution in [0.1, 0.15) is 27.2 Å². The zero-order valence-corrected chi connectivity index (χ0v) is 14.7. The molecular weight excluding hydrogens is 328 g/mol. The van der Waals surface area contributed by atoms with Crippen LogP contribution in [0.3, 0.4) is 0 Å². The van der Waals surface area contributed by atoms with Gasteiger partial charge >= 0.3 is 0 Å². The van der Waals surface area contributed by atoms with E-state index in [1.54, 1.807) is 37.4 Å². The summed E-state index contributed by atoms with van der Waals surface area (Å²) in [7, 11) is 1.59. The Morgan fingerprint density at radius 2 is 1.96 bits per heavy atom. The lowest BCUT2D eigenvalue weighted by atomic mass is 10.1. The number of nitrogens with zero attached hydrogens (tertiary/aromatic N) is 2. The molecule has 0 saturated carbocycles. The Hall–Kier alpha value is -3.41. The molecule has 0 aliphatic heterocycles. The zero-order chi connectivity index (χ0) is 18.5. The molecule has 26 heavy (non-hydrogen) atoms. The molecule has 1 aromatic carbocycles. The highest BCUT2D eigenvalue weighted by molar-refractivity contribution is 5.94. The Labute approximate surface area is 151 Å². The average molecular weight is 348 g/mol. The van der Waals surface area contributed by atoms with Gasteiger partial charge in [0.15, 0.2) is 0 Å². The average Bonchev–Trinajstić information content (AvgIpc) is 3.09. The molecule has 2 amide bonds. The number of hydrogen-bond donors (Lipinski definition) is 2. The summed E-state index contributed by atoms with van der Waals surface area (Å²) in [6.45, 7) is 2.36. The summed E-state index contributed by atoms with van der Waals surface area (Å²) in [5.41, 5.74) is 4.21. The molecule has 3 rings (SSSR count). The fourth-order valence-electron chi connectivity index (χ4n) is 2.59. The van der Waals surface area contributed by atoms with E-state index < -0.39 is 0 Å². The number of carbonyl (C=O) groups is 2. The van der Waals surface area contributed by atoms with Gasteiger partial charge in [0, 0.05) is 31.1 Å². The normalized spacial score (nSPS) is 11.0. The minimum absolute atomic E-state index is 0.138. The number of nitrogens with one attached hydrogen (secondary N) is 2. The number of imidazole rings is 1. The van der Waals surface area contributed by atoms with Gasteiger partial charge in [-0.2, -0.15) is 0 Å². The number of hydrogen-bond acceptors (Lipinski definition) is 3. The fourth-order valence-corrected chi connectivity index (χ4v) is 2.59. The number of aromatic nitrogens is 2. The van der Waals surface area contributed by atoms with Crippen molar-refractivity contribution >= 4 is 23.5 Å². The zero-order valence-electron chi connectivity index (χ0n) is 14.7. The first kappa shape index (κ1) is 17.4. The summed E-state index contributed by atoms with van der Waals surface area (Å²) >= 11 is 0. The van der Waals surface area contributed by atoms with Crippen LogP contribution in [0.25, 0.3) is 11.7 Å². The molecule has 0 bridgehead atoms. The van der Waals surface area contributed by atoms with Crippen LogP contribution in [0.5, 0.6) is 0 Å². The van der Waals surface area contributed by atoms with Gasteiger partial charge in [-0.15, -0.1) is 0 Å². The second-order valence-corrected chi connectivity index (χ2v) is 5.91. The monoisotopic (exact) mass is 348 g/mol. The SMILES string of the molecule is CNC(=O)c1ccc(/C=C\C(=O)NCc2cn3cccc(C)c3n2)cc1. The smallest absolute Gasteiger partial charge is 0.251 e. The van der Waals surface area contributed by atoms with Crippen molar-refractivity contribution in [3.63, 3.8) is 0 Å².